The first kappa shape index (κ1) is 15.4. The van der Waals surface area contributed by atoms with E-state index in [-0.39, 0.29) is 0 Å². The molecule has 118 valence electrons. The van der Waals surface area contributed by atoms with Gasteiger partial charge in [-0.05, 0) is 43.2 Å². The van der Waals surface area contributed by atoms with Crippen LogP contribution in [0.25, 0.3) is 0 Å². The van der Waals surface area contributed by atoms with Gasteiger partial charge in [0.05, 0.1) is 16.9 Å². The smallest absolute Gasteiger partial charge is 0.240 e. The van der Waals surface area contributed by atoms with Crippen molar-refractivity contribution in [3.63, 3.8) is 0 Å². The minimum Gasteiger partial charge on any atom is -0.325 e. The van der Waals surface area contributed by atoms with E-state index in [0.717, 1.165) is 0 Å². The molecule has 1 aliphatic rings. The number of anilines is 2. The fourth-order valence-electron chi connectivity index (χ4n) is 2.20. The maximum absolute atomic E-state index is 12.9. The zero-order valence-corrected chi connectivity index (χ0v) is 12.7. The molecule has 2 N–H and O–H groups in total. The lowest BCUT2D eigenvalue weighted by molar-refractivity contribution is -0.131. The van der Waals surface area contributed by atoms with Crippen LogP contribution in [0.15, 0.2) is 42.7 Å². The number of benzene rings is 1. The van der Waals surface area contributed by atoms with Crippen LogP contribution in [0.1, 0.15) is 12.8 Å². The summed E-state index contributed by atoms with van der Waals surface area (Å²) in [6.45, 7) is 0. The van der Waals surface area contributed by atoms with Crippen molar-refractivity contribution in [1.29, 1.82) is 0 Å². The third-order valence-corrected chi connectivity index (χ3v) is 3.89. The SMILES string of the molecule is O=C(Nc1ccc(F)cc1)C1(C(=O)Nc2cncc(Cl)c2)CC1. The summed E-state index contributed by atoms with van der Waals surface area (Å²) in [5.74, 6) is -1.20. The molecular formula is C16H13ClFN3O2. The van der Waals surface area contributed by atoms with Crippen molar-refractivity contribution in [3.05, 3.63) is 53.6 Å². The monoisotopic (exact) mass is 333 g/mol. The standard InChI is InChI=1S/C16H13ClFN3O2/c17-10-7-13(9-19-8-10)21-15(23)16(5-6-16)14(22)20-12-3-1-11(18)2-4-12/h1-4,7-9H,5-6H2,(H,20,22)(H,21,23). The number of aromatic nitrogens is 1. The maximum atomic E-state index is 12.9. The first-order valence-corrected chi connectivity index (χ1v) is 7.36. The van der Waals surface area contributed by atoms with Gasteiger partial charge in [-0.1, -0.05) is 11.6 Å². The number of halogens is 2. The average Bonchev–Trinajstić information content (AvgIpc) is 3.31. The maximum Gasteiger partial charge on any atom is 0.240 e. The fraction of sp³-hybridized carbons (Fsp3) is 0.188. The number of hydrogen-bond donors (Lipinski definition) is 2. The van der Waals surface area contributed by atoms with Crippen LogP contribution in [0.4, 0.5) is 15.8 Å². The normalized spacial score (nSPS) is 14.9. The van der Waals surface area contributed by atoms with Crippen molar-refractivity contribution < 1.29 is 14.0 Å². The molecule has 0 unspecified atom stereocenters. The molecule has 5 nitrogen and oxygen atoms in total. The summed E-state index contributed by atoms with van der Waals surface area (Å²) >= 11 is 5.82. The molecule has 0 spiro atoms. The van der Waals surface area contributed by atoms with Gasteiger partial charge in [-0.3, -0.25) is 14.6 Å². The number of carbonyl (C=O) groups excluding carboxylic acids is 2. The Bertz CT molecular complexity index is 760. The second kappa shape index (κ2) is 5.96. The first-order valence-electron chi connectivity index (χ1n) is 6.99. The Labute approximate surface area is 136 Å². The molecule has 1 aliphatic carbocycles. The molecule has 1 fully saturated rings. The molecular weight excluding hydrogens is 321 g/mol. The van der Waals surface area contributed by atoms with Crippen LogP contribution in [-0.2, 0) is 9.59 Å². The van der Waals surface area contributed by atoms with Gasteiger partial charge in [0, 0.05) is 11.9 Å². The molecule has 7 heteroatoms. The van der Waals surface area contributed by atoms with Crippen molar-refractivity contribution in [3.8, 4) is 0 Å². The molecule has 0 atom stereocenters. The van der Waals surface area contributed by atoms with E-state index in [4.69, 9.17) is 11.6 Å². The number of hydrogen-bond acceptors (Lipinski definition) is 3. The molecule has 0 aliphatic heterocycles. The highest BCUT2D eigenvalue weighted by atomic mass is 35.5. The molecule has 2 amide bonds. The molecule has 23 heavy (non-hydrogen) atoms. The van der Waals surface area contributed by atoms with E-state index < -0.39 is 23.0 Å². The van der Waals surface area contributed by atoms with Crippen LogP contribution in [0.5, 0.6) is 0 Å². The topological polar surface area (TPSA) is 71.1 Å². The van der Waals surface area contributed by atoms with Crippen molar-refractivity contribution >= 4 is 34.8 Å². The van der Waals surface area contributed by atoms with Gasteiger partial charge in [-0.15, -0.1) is 0 Å². The zero-order valence-electron chi connectivity index (χ0n) is 12.0. The summed E-state index contributed by atoms with van der Waals surface area (Å²) in [5, 5.41) is 5.69. The van der Waals surface area contributed by atoms with E-state index in [1.165, 1.54) is 36.7 Å². The minimum atomic E-state index is -1.10. The van der Waals surface area contributed by atoms with Gasteiger partial charge in [0.25, 0.3) is 0 Å². The summed E-state index contributed by atoms with van der Waals surface area (Å²) in [4.78, 5) is 28.6. The Morgan fingerprint density at radius 1 is 1.04 bits per heavy atom. The second-order valence-corrected chi connectivity index (χ2v) is 5.83. The Morgan fingerprint density at radius 2 is 1.65 bits per heavy atom. The number of pyridine rings is 1. The van der Waals surface area contributed by atoms with E-state index in [0.29, 0.717) is 29.2 Å². The minimum absolute atomic E-state index is 0.392. The molecule has 2 aromatic rings. The summed E-state index contributed by atoms with van der Waals surface area (Å²) < 4.78 is 12.9. The second-order valence-electron chi connectivity index (χ2n) is 5.39. The van der Waals surface area contributed by atoms with E-state index >= 15 is 0 Å². The third kappa shape index (κ3) is 3.32. The molecule has 1 aromatic carbocycles. The van der Waals surface area contributed by atoms with Crippen LogP contribution in [0.3, 0.4) is 0 Å². The lowest BCUT2D eigenvalue weighted by atomic mass is 10.0. The molecule has 3 rings (SSSR count). The number of nitrogens with one attached hydrogen (secondary N) is 2. The van der Waals surface area contributed by atoms with Gasteiger partial charge in [0.2, 0.25) is 11.8 Å². The molecule has 0 radical (unpaired) electrons. The summed E-state index contributed by atoms with van der Waals surface area (Å²) in [5.41, 5.74) is -0.222. The Hall–Kier alpha value is -2.47. The average molecular weight is 334 g/mol. The largest absolute Gasteiger partial charge is 0.325 e. The molecule has 1 aromatic heterocycles. The highest BCUT2D eigenvalue weighted by molar-refractivity contribution is 6.30. The van der Waals surface area contributed by atoms with Crippen LogP contribution in [0, 0.1) is 11.2 Å². The number of rotatable bonds is 4. The van der Waals surface area contributed by atoms with Crippen molar-refractivity contribution in [1.82, 2.24) is 4.98 Å². The quantitative estimate of drug-likeness (QED) is 0.844. The molecule has 0 saturated heterocycles. The predicted octanol–water partition coefficient (Wildman–Crippen LogP) is 3.23. The molecule has 0 bridgehead atoms. The highest BCUT2D eigenvalue weighted by Crippen LogP contribution is 2.47. The van der Waals surface area contributed by atoms with Gasteiger partial charge in [0.15, 0.2) is 0 Å². The Balaban J connectivity index is 1.69. The van der Waals surface area contributed by atoms with Gasteiger partial charge >= 0.3 is 0 Å². The highest BCUT2D eigenvalue weighted by Gasteiger charge is 2.56. The molecule has 1 saturated carbocycles. The van der Waals surface area contributed by atoms with Crippen LogP contribution < -0.4 is 10.6 Å². The van der Waals surface area contributed by atoms with E-state index in [1.54, 1.807) is 6.07 Å². The van der Waals surface area contributed by atoms with Crippen LogP contribution in [0.2, 0.25) is 5.02 Å². The summed E-state index contributed by atoms with van der Waals surface area (Å²) in [7, 11) is 0. The summed E-state index contributed by atoms with van der Waals surface area (Å²) in [6, 6.07) is 6.93. The molecule has 1 heterocycles. The predicted molar refractivity (Wildman–Crippen MR) is 84.6 cm³/mol. The van der Waals surface area contributed by atoms with E-state index in [9.17, 15) is 14.0 Å². The van der Waals surface area contributed by atoms with Gasteiger partial charge in [-0.25, -0.2) is 4.39 Å². The first-order chi connectivity index (χ1) is 11.0. The van der Waals surface area contributed by atoms with Gasteiger partial charge in [0.1, 0.15) is 11.2 Å². The van der Waals surface area contributed by atoms with Gasteiger partial charge < -0.3 is 10.6 Å². The number of carbonyl (C=O) groups is 2. The summed E-state index contributed by atoms with van der Waals surface area (Å²) in [6.07, 6.45) is 3.82. The van der Waals surface area contributed by atoms with E-state index in [2.05, 4.69) is 15.6 Å². The Morgan fingerprint density at radius 3 is 2.22 bits per heavy atom. The van der Waals surface area contributed by atoms with Crippen molar-refractivity contribution in [2.75, 3.05) is 10.6 Å². The number of nitrogens with zero attached hydrogens (tertiary/aromatic N) is 1. The van der Waals surface area contributed by atoms with Gasteiger partial charge in [-0.2, -0.15) is 0 Å². The fourth-order valence-corrected chi connectivity index (χ4v) is 2.37. The third-order valence-electron chi connectivity index (χ3n) is 3.68. The lowest BCUT2D eigenvalue weighted by Gasteiger charge is -2.15. The van der Waals surface area contributed by atoms with Crippen LogP contribution >= 0.6 is 11.6 Å². The van der Waals surface area contributed by atoms with Crippen molar-refractivity contribution in [2.24, 2.45) is 5.41 Å². The van der Waals surface area contributed by atoms with Crippen LogP contribution in [-0.4, -0.2) is 16.8 Å². The number of amides is 2. The van der Waals surface area contributed by atoms with Crippen molar-refractivity contribution in [2.45, 2.75) is 12.8 Å². The van der Waals surface area contributed by atoms with E-state index in [1.807, 2.05) is 0 Å². The lowest BCUT2D eigenvalue weighted by Crippen LogP contribution is -2.35. The zero-order chi connectivity index (χ0) is 16.4. The Kier molecular flexibility index (Phi) is 4.00.